The monoisotopic (exact) mass is 350 g/mol. The topological polar surface area (TPSA) is 86.6 Å². The van der Waals surface area contributed by atoms with Crippen LogP contribution in [0.4, 0.5) is 15.8 Å². The van der Waals surface area contributed by atoms with Crippen LogP contribution in [0.2, 0.25) is 0 Å². The minimum Gasteiger partial charge on any atom is -0.462 e. The van der Waals surface area contributed by atoms with Crippen LogP contribution in [0.3, 0.4) is 0 Å². The van der Waals surface area contributed by atoms with E-state index in [0.29, 0.717) is 5.00 Å². The predicted octanol–water partition coefficient (Wildman–Crippen LogP) is 2.56. The summed E-state index contributed by atoms with van der Waals surface area (Å²) in [4.78, 5) is 24.7. The van der Waals surface area contributed by atoms with E-state index in [1.165, 1.54) is 0 Å². The third-order valence-corrected chi connectivity index (χ3v) is 4.36. The summed E-state index contributed by atoms with van der Waals surface area (Å²) in [6, 6.07) is 3.68. The van der Waals surface area contributed by atoms with Crippen molar-refractivity contribution in [3.8, 4) is 0 Å². The van der Waals surface area contributed by atoms with Gasteiger partial charge < -0.3 is 15.2 Å². The van der Waals surface area contributed by atoms with Gasteiger partial charge in [-0.3, -0.25) is 0 Å². The van der Waals surface area contributed by atoms with Gasteiger partial charge in [0.15, 0.2) is 0 Å². The Hall–Kier alpha value is -2.61. The molecule has 128 valence electrons. The minimum atomic E-state index is -0.652. The number of esters is 2. The van der Waals surface area contributed by atoms with Crippen molar-refractivity contribution in [2.45, 2.75) is 13.8 Å². The van der Waals surface area contributed by atoms with Crippen molar-refractivity contribution in [2.24, 2.45) is 7.05 Å². The molecule has 0 saturated carbocycles. The smallest absolute Gasteiger partial charge is 0.344 e. The lowest BCUT2D eigenvalue weighted by atomic mass is 10.1. The predicted molar refractivity (Wildman–Crippen MR) is 94.6 cm³/mol. The van der Waals surface area contributed by atoms with Crippen LogP contribution in [0.15, 0.2) is 18.3 Å². The number of anilines is 1. The highest BCUT2D eigenvalue weighted by molar-refractivity contribution is 7.20. The third-order valence-electron chi connectivity index (χ3n) is 3.31. The van der Waals surface area contributed by atoms with Gasteiger partial charge in [0.1, 0.15) is 16.1 Å². The fraction of sp³-hybridized carbons (Fsp3) is 0.312. The van der Waals surface area contributed by atoms with Crippen LogP contribution in [0.5, 0.6) is 0 Å². The zero-order valence-electron chi connectivity index (χ0n) is 13.9. The number of carbonyl (C=O) groups is 2. The average molecular weight is 350 g/mol. The van der Waals surface area contributed by atoms with Crippen molar-refractivity contribution in [3.63, 3.8) is 0 Å². The van der Waals surface area contributed by atoms with Crippen LogP contribution < -0.4 is 10.3 Å². The molecule has 0 unspecified atom stereocenters. The van der Waals surface area contributed by atoms with Gasteiger partial charge >= 0.3 is 11.9 Å². The summed E-state index contributed by atoms with van der Waals surface area (Å²) in [5, 5.41) is 0.616. The number of aromatic nitrogens is 1. The number of hydrogen-bond acceptors (Lipinski definition) is 6. The quantitative estimate of drug-likeness (QED) is 0.491. The number of nitrogen functional groups attached to an aromatic ring is 1. The molecule has 0 saturated heterocycles. The maximum absolute atomic E-state index is 12.4. The van der Waals surface area contributed by atoms with E-state index in [0.717, 1.165) is 17.2 Å². The van der Waals surface area contributed by atoms with Crippen LogP contribution >= 0.6 is 11.3 Å². The average Bonchev–Trinajstić information content (AvgIpc) is 3.10. The standard InChI is InChI=1S/C16H19N3O4S/c1-5-22-15(20)11-12(16(21)23-6-2)14(24-13(11)17)19(4)10-8-7-9-18(10)3/h7-9H,4-6H2,1-3H3,(H-,17,20)/p+1. The number of nitrogens with two attached hydrogens (primary N) is 1. The van der Waals surface area contributed by atoms with E-state index in [1.54, 1.807) is 18.4 Å². The number of nitrogens with zero attached hydrogens (tertiary/aromatic N) is 2. The van der Waals surface area contributed by atoms with Crippen molar-refractivity contribution in [2.75, 3.05) is 18.9 Å². The summed E-state index contributed by atoms with van der Waals surface area (Å²) in [7, 11) is 1.85. The van der Waals surface area contributed by atoms with E-state index < -0.39 is 11.9 Å². The molecule has 0 aliphatic carbocycles. The molecule has 2 N–H and O–H groups in total. The van der Waals surface area contributed by atoms with Crippen LogP contribution in [-0.2, 0) is 16.5 Å². The second-order valence-electron chi connectivity index (χ2n) is 4.87. The Morgan fingerprint density at radius 2 is 1.83 bits per heavy atom. The zero-order valence-corrected chi connectivity index (χ0v) is 14.7. The molecule has 0 amide bonds. The van der Waals surface area contributed by atoms with E-state index in [-0.39, 0.29) is 29.3 Å². The molecule has 0 spiro atoms. The minimum absolute atomic E-state index is 0.0261. The molecular weight excluding hydrogens is 330 g/mol. The SMILES string of the molecule is C=[N+](c1sc(N)c(C(=O)OCC)c1C(=O)OCC)c1cccn1C. The summed E-state index contributed by atoms with van der Waals surface area (Å²) in [5.74, 6) is -0.551. The van der Waals surface area contributed by atoms with Crippen LogP contribution in [0, 0.1) is 0 Å². The number of ether oxygens (including phenoxy) is 2. The Morgan fingerprint density at radius 1 is 1.25 bits per heavy atom. The molecule has 0 bridgehead atoms. The molecule has 2 aromatic rings. The molecule has 0 aromatic carbocycles. The van der Waals surface area contributed by atoms with E-state index in [1.807, 2.05) is 29.9 Å². The first-order valence-electron chi connectivity index (χ1n) is 7.40. The molecule has 2 aromatic heterocycles. The second-order valence-corrected chi connectivity index (χ2v) is 5.90. The van der Waals surface area contributed by atoms with Gasteiger partial charge in [-0.05, 0) is 19.9 Å². The molecule has 0 aliphatic heterocycles. The van der Waals surface area contributed by atoms with Gasteiger partial charge in [-0.1, -0.05) is 11.3 Å². The summed E-state index contributed by atoms with van der Waals surface area (Å²) >= 11 is 1.09. The first-order chi connectivity index (χ1) is 11.4. The number of rotatable bonds is 6. The summed E-state index contributed by atoms with van der Waals surface area (Å²) in [5.41, 5.74) is 6.09. The lowest BCUT2D eigenvalue weighted by Crippen LogP contribution is -2.16. The van der Waals surface area contributed by atoms with E-state index in [4.69, 9.17) is 15.2 Å². The maximum Gasteiger partial charge on any atom is 0.344 e. The van der Waals surface area contributed by atoms with Crippen LogP contribution in [0.25, 0.3) is 0 Å². The largest absolute Gasteiger partial charge is 0.462 e. The highest BCUT2D eigenvalue weighted by Gasteiger charge is 2.33. The fourth-order valence-corrected chi connectivity index (χ4v) is 3.25. The lowest BCUT2D eigenvalue weighted by molar-refractivity contribution is 0.0481. The van der Waals surface area contributed by atoms with Gasteiger partial charge in [0.05, 0.1) is 33.2 Å². The van der Waals surface area contributed by atoms with Gasteiger partial charge in [0.25, 0.3) is 5.82 Å². The summed E-state index contributed by atoms with van der Waals surface area (Å²) in [6.45, 7) is 7.71. The molecule has 0 radical (unpaired) electrons. The number of thiophene rings is 1. The fourth-order valence-electron chi connectivity index (χ4n) is 2.26. The summed E-state index contributed by atoms with van der Waals surface area (Å²) < 4.78 is 13.5. The van der Waals surface area contributed by atoms with Crippen LogP contribution in [-0.4, -0.2) is 36.4 Å². The number of aryl methyl sites for hydroxylation is 1. The van der Waals surface area contributed by atoms with Crippen molar-refractivity contribution in [3.05, 3.63) is 29.5 Å². The Bertz CT molecular complexity index is 791. The van der Waals surface area contributed by atoms with Crippen molar-refractivity contribution in [1.29, 1.82) is 0 Å². The Kier molecular flexibility index (Phi) is 5.40. The van der Waals surface area contributed by atoms with E-state index >= 15 is 0 Å². The molecule has 2 rings (SSSR count). The van der Waals surface area contributed by atoms with Gasteiger partial charge in [-0.2, -0.15) is 4.58 Å². The zero-order chi connectivity index (χ0) is 17.9. The molecule has 2 heterocycles. The van der Waals surface area contributed by atoms with Crippen LogP contribution in [0.1, 0.15) is 34.6 Å². The van der Waals surface area contributed by atoms with Gasteiger partial charge in [-0.15, -0.1) is 0 Å². The normalized spacial score (nSPS) is 10.5. The Morgan fingerprint density at radius 3 is 2.33 bits per heavy atom. The Balaban J connectivity index is 2.61. The van der Waals surface area contributed by atoms with Crippen molar-refractivity contribution < 1.29 is 19.1 Å². The van der Waals surface area contributed by atoms with Crippen molar-refractivity contribution in [1.82, 2.24) is 9.14 Å². The summed E-state index contributed by atoms with van der Waals surface area (Å²) in [6.07, 6.45) is 1.85. The van der Waals surface area contributed by atoms with Gasteiger partial charge in [0.2, 0.25) is 5.00 Å². The third kappa shape index (κ3) is 3.18. The highest BCUT2D eigenvalue weighted by Crippen LogP contribution is 2.39. The number of carbonyl (C=O) groups excluding carboxylic acids is 2. The molecule has 0 fully saturated rings. The molecular formula is C16H20N3O4S+. The first kappa shape index (κ1) is 17.7. The molecule has 0 atom stereocenters. The molecule has 7 nitrogen and oxygen atoms in total. The Labute approximate surface area is 143 Å². The van der Waals surface area contributed by atoms with E-state index in [9.17, 15) is 9.59 Å². The lowest BCUT2D eigenvalue weighted by Gasteiger charge is -2.07. The molecule has 0 aliphatic rings. The van der Waals surface area contributed by atoms with Gasteiger partial charge in [-0.25, -0.2) is 14.2 Å². The first-order valence-corrected chi connectivity index (χ1v) is 8.22. The van der Waals surface area contributed by atoms with Crippen molar-refractivity contribution >= 4 is 45.8 Å². The molecule has 24 heavy (non-hydrogen) atoms. The maximum atomic E-state index is 12.4. The second kappa shape index (κ2) is 7.31. The van der Waals surface area contributed by atoms with E-state index in [2.05, 4.69) is 6.72 Å². The molecule has 8 heteroatoms. The van der Waals surface area contributed by atoms with Gasteiger partial charge in [0, 0.05) is 6.07 Å². The highest BCUT2D eigenvalue weighted by atomic mass is 32.1. The number of hydrogen-bond donors (Lipinski definition) is 1.